The van der Waals surface area contributed by atoms with Crippen molar-refractivity contribution in [3.8, 4) is 0 Å². The van der Waals surface area contributed by atoms with Crippen LogP contribution in [0.25, 0.3) is 0 Å². The molecule has 0 heterocycles. The van der Waals surface area contributed by atoms with Crippen molar-refractivity contribution in [3.63, 3.8) is 0 Å². The van der Waals surface area contributed by atoms with E-state index >= 15 is 0 Å². The molecule has 0 saturated carbocycles. The maximum absolute atomic E-state index is 12.0. The van der Waals surface area contributed by atoms with Gasteiger partial charge in [0.15, 0.2) is 0 Å². The number of carbonyl (C=O) groups is 2. The highest BCUT2D eigenvalue weighted by Gasteiger charge is 2.11. The van der Waals surface area contributed by atoms with Crippen molar-refractivity contribution in [1.82, 2.24) is 0 Å². The number of carbonyl (C=O) groups excluding carboxylic acids is 2. The molecule has 1 N–H and O–H groups in total. The molecular weight excluding hydrogens is 669 g/mol. The molecule has 0 bridgehead atoms. The Morgan fingerprint density at radius 2 is 0.741 bits per heavy atom. The molecule has 1 atom stereocenters. The van der Waals surface area contributed by atoms with E-state index in [4.69, 9.17) is 9.47 Å². The van der Waals surface area contributed by atoms with Gasteiger partial charge in [-0.2, -0.15) is 0 Å². The van der Waals surface area contributed by atoms with Gasteiger partial charge in [0, 0.05) is 12.8 Å². The molecule has 0 aromatic rings. The molecule has 0 radical (unpaired) electrons. The lowest BCUT2D eigenvalue weighted by Crippen LogP contribution is -2.25. The number of rotatable bonds is 39. The number of hydrogen-bond acceptors (Lipinski definition) is 5. The summed E-state index contributed by atoms with van der Waals surface area (Å²) in [5, 5.41) is 10.0. The number of aliphatic hydroxyl groups excluding tert-OH is 1. The normalized spacial score (nSPS) is 13.0. The molecule has 0 aromatic heterocycles. The summed E-state index contributed by atoms with van der Waals surface area (Å²) >= 11 is 0. The van der Waals surface area contributed by atoms with Crippen LogP contribution in [0.3, 0.4) is 0 Å². The molecule has 5 nitrogen and oxygen atoms in total. The summed E-state index contributed by atoms with van der Waals surface area (Å²) in [6.07, 6.45) is 60.9. The standard InChI is InChI=1S/C49H82O5/c1-3-5-7-9-11-13-15-17-19-21-23-24-26-28-30-32-34-36-38-40-42-44-49(52)54-46-47(50)45-53-48(51)43-41-39-37-35-33-31-29-27-25-22-20-18-16-14-12-10-8-6-4-2/h6,8,12,14,17-20,25,27,31,33,37,39,47,50H,3-5,7,9-11,13,15-16,21-24,26,28-30,32,34-36,38,40-46H2,1-2H3/b8-6-,14-12-,19-17-,20-18-,27-25-,33-31-,39-37-/t47-/m0/s1. The summed E-state index contributed by atoms with van der Waals surface area (Å²) in [5.74, 6) is -0.663. The zero-order valence-electron chi connectivity index (χ0n) is 35.0. The number of allylic oxidation sites excluding steroid dienone is 14. The third-order valence-corrected chi connectivity index (χ3v) is 9.13. The van der Waals surface area contributed by atoms with Crippen LogP contribution in [0.2, 0.25) is 0 Å². The van der Waals surface area contributed by atoms with Gasteiger partial charge in [-0.15, -0.1) is 0 Å². The van der Waals surface area contributed by atoms with E-state index in [2.05, 4.69) is 86.8 Å². The first kappa shape index (κ1) is 51.1. The molecular formula is C49H82O5. The second kappa shape index (κ2) is 44.5. The molecule has 0 fully saturated rings. The largest absolute Gasteiger partial charge is 0.463 e. The molecule has 0 saturated heterocycles. The summed E-state index contributed by atoms with van der Waals surface area (Å²) in [4.78, 5) is 24.0. The topological polar surface area (TPSA) is 72.8 Å². The Morgan fingerprint density at radius 1 is 0.407 bits per heavy atom. The van der Waals surface area contributed by atoms with Crippen LogP contribution in [0, 0.1) is 0 Å². The summed E-state index contributed by atoms with van der Waals surface area (Å²) in [7, 11) is 0. The van der Waals surface area contributed by atoms with Crippen LogP contribution in [0.5, 0.6) is 0 Å². The lowest BCUT2D eigenvalue weighted by Gasteiger charge is -2.12. The van der Waals surface area contributed by atoms with E-state index in [1.165, 1.54) is 103 Å². The second-order valence-corrected chi connectivity index (χ2v) is 14.4. The van der Waals surface area contributed by atoms with Crippen molar-refractivity contribution in [1.29, 1.82) is 0 Å². The first-order valence-electron chi connectivity index (χ1n) is 22.1. The van der Waals surface area contributed by atoms with Crippen molar-refractivity contribution in [2.45, 2.75) is 200 Å². The van der Waals surface area contributed by atoms with Crippen LogP contribution >= 0.6 is 0 Å². The minimum Gasteiger partial charge on any atom is -0.463 e. The Bertz CT molecular complexity index is 1030. The number of esters is 2. The van der Waals surface area contributed by atoms with E-state index in [-0.39, 0.29) is 31.6 Å². The van der Waals surface area contributed by atoms with E-state index in [1.54, 1.807) is 0 Å². The molecule has 0 aromatic carbocycles. The van der Waals surface area contributed by atoms with Crippen LogP contribution in [0.4, 0.5) is 0 Å². The van der Waals surface area contributed by atoms with Crippen molar-refractivity contribution in [2.75, 3.05) is 13.2 Å². The minimum absolute atomic E-state index is 0.144. The Hall–Kier alpha value is -2.92. The van der Waals surface area contributed by atoms with Gasteiger partial charge in [-0.25, -0.2) is 0 Å². The van der Waals surface area contributed by atoms with Crippen molar-refractivity contribution < 1.29 is 24.2 Å². The van der Waals surface area contributed by atoms with Gasteiger partial charge in [0.25, 0.3) is 0 Å². The van der Waals surface area contributed by atoms with E-state index in [9.17, 15) is 14.7 Å². The average molecular weight is 751 g/mol. The van der Waals surface area contributed by atoms with E-state index < -0.39 is 6.10 Å². The Kier molecular flexibility index (Phi) is 42.1. The molecule has 5 heteroatoms. The Labute approximate surface area is 333 Å². The molecule has 0 unspecified atom stereocenters. The highest BCUT2D eigenvalue weighted by atomic mass is 16.6. The van der Waals surface area contributed by atoms with Gasteiger partial charge in [-0.1, -0.05) is 189 Å². The second-order valence-electron chi connectivity index (χ2n) is 14.4. The molecule has 0 aliphatic rings. The molecule has 0 aliphatic carbocycles. The fraction of sp³-hybridized carbons (Fsp3) is 0.673. The Balaban J connectivity index is 3.54. The van der Waals surface area contributed by atoms with Gasteiger partial charge < -0.3 is 14.6 Å². The van der Waals surface area contributed by atoms with Crippen molar-refractivity contribution in [2.24, 2.45) is 0 Å². The SMILES string of the molecule is CC/C=C\C/C=C\C/C=C\C/C=C\C/C=C\C/C=C\CCC(=O)OC[C@H](O)COC(=O)CCCCCCCCCCCCC/C=C\CCCCCCCC. The van der Waals surface area contributed by atoms with E-state index in [1.807, 2.05) is 12.2 Å². The minimum atomic E-state index is -1.000. The van der Waals surface area contributed by atoms with Crippen LogP contribution < -0.4 is 0 Å². The number of ether oxygens (including phenoxy) is 2. The maximum Gasteiger partial charge on any atom is 0.306 e. The van der Waals surface area contributed by atoms with Crippen LogP contribution in [0.15, 0.2) is 85.1 Å². The smallest absolute Gasteiger partial charge is 0.306 e. The molecule has 0 spiro atoms. The fourth-order valence-electron chi connectivity index (χ4n) is 5.81. The first-order valence-corrected chi connectivity index (χ1v) is 22.1. The number of hydrogen-bond donors (Lipinski definition) is 1. The fourth-order valence-corrected chi connectivity index (χ4v) is 5.81. The molecule has 0 aliphatic heterocycles. The molecule has 0 amide bonds. The van der Waals surface area contributed by atoms with Gasteiger partial charge in [-0.3, -0.25) is 9.59 Å². The molecule has 308 valence electrons. The van der Waals surface area contributed by atoms with Crippen LogP contribution in [-0.4, -0.2) is 36.4 Å². The number of aliphatic hydroxyl groups is 1. The Morgan fingerprint density at radius 3 is 1.17 bits per heavy atom. The van der Waals surface area contributed by atoms with Gasteiger partial charge in [0.05, 0.1) is 0 Å². The summed E-state index contributed by atoms with van der Waals surface area (Å²) < 4.78 is 10.3. The highest BCUT2D eigenvalue weighted by molar-refractivity contribution is 5.70. The predicted molar refractivity (Wildman–Crippen MR) is 233 cm³/mol. The predicted octanol–water partition coefficient (Wildman–Crippen LogP) is 14.3. The van der Waals surface area contributed by atoms with E-state index in [0.29, 0.717) is 12.8 Å². The third kappa shape index (κ3) is 43.5. The van der Waals surface area contributed by atoms with Crippen LogP contribution in [-0.2, 0) is 19.1 Å². The lowest BCUT2D eigenvalue weighted by atomic mass is 10.0. The highest BCUT2D eigenvalue weighted by Crippen LogP contribution is 2.14. The van der Waals surface area contributed by atoms with E-state index in [0.717, 1.165) is 57.8 Å². The zero-order chi connectivity index (χ0) is 39.3. The zero-order valence-corrected chi connectivity index (χ0v) is 35.0. The van der Waals surface area contributed by atoms with Crippen LogP contribution in [0.1, 0.15) is 194 Å². The summed E-state index contributed by atoms with van der Waals surface area (Å²) in [5.41, 5.74) is 0. The monoisotopic (exact) mass is 751 g/mol. The summed E-state index contributed by atoms with van der Waals surface area (Å²) in [6, 6.07) is 0. The number of unbranched alkanes of at least 4 members (excludes halogenated alkanes) is 17. The van der Waals surface area contributed by atoms with Crippen molar-refractivity contribution in [3.05, 3.63) is 85.1 Å². The van der Waals surface area contributed by atoms with Gasteiger partial charge in [-0.05, 0) is 77.0 Å². The lowest BCUT2D eigenvalue weighted by molar-refractivity contribution is -0.152. The third-order valence-electron chi connectivity index (χ3n) is 9.13. The van der Waals surface area contributed by atoms with Gasteiger partial charge in [0.2, 0.25) is 0 Å². The summed E-state index contributed by atoms with van der Waals surface area (Å²) in [6.45, 7) is 4.12. The van der Waals surface area contributed by atoms with Gasteiger partial charge >= 0.3 is 11.9 Å². The first-order chi connectivity index (χ1) is 26.6. The van der Waals surface area contributed by atoms with Gasteiger partial charge in [0.1, 0.15) is 19.3 Å². The maximum atomic E-state index is 12.0. The quantitative estimate of drug-likeness (QED) is 0.0385. The van der Waals surface area contributed by atoms with Crippen molar-refractivity contribution >= 4 is 11.9 Å². The average Bonchev–Trinajstić information content (AvgIpc) is 3.17. The molecule has 54 heavy (non-hydrogen) atoms. The molecule has 0 rings (SSSR count).